The highest BCUT2D eigenvalue weighted by Gasteiger charge is 2.19. The first-order valence-electron chi connectivity index (χ1n) is 6.22. The van der Waals surface area contributed by atoms with E-state index in [1.165, 1.54) is 6.07 Å². The molecule has 0 aliphatic heterocycles. The lowest BCUT2D eigenvalue weighted by molar-refractivity contribution is 0.600. The van der Waals surface area contributed by atoms with Gasteiger partial charge in [0.15, 0.2) is 0 Å². The maximum absolute atomic E-state index is 12.5. The number of pyridine rings is 1. The molecule has 1 aromatic carbocycles. The van der Waals surface area contributed by atoms with Crippen molar-refractivity contribution in [2.45, 2.75) is 25.7 Å². The molecule has 7 heteroatoms. The Morgan fingerprint density at radius 1 is 1.14 bits per heavy atom. The summed E-state index contributed by atoms with van der Waals surface area (Å²) in [4.78, 5) is 4.22. The van der Waals surface area contributed by atoms with Crippen LogP contribution in [0.25, 0.3) is 0 Å². The van der Waals surface area contributed by atoms with E-state index in [0.717, 1.165) is 15.6 Å². The molecule has 0 radical (unpaired) electrons. The Morgan fingerprint density at radius 3 is 2.43 bits per heavy atom. The van der Waals surface area contributed by atoms with Crippen molar-refractivity contribution in [1.82, 2.24) is 4.98 Å². The topological polar surface area (TPSA) is 85.1 Å². The van der Waals surface area contributed by atoms with E-state index in [-0.39, 0.29) is 10.7 Å². The van der Waals surface area contributed by atoms with E-state index in [9.17, 15) is 8.42 Å². The molecule has 5 nitrogen and oxygen atoms in total. The molecule has 21 heavy (non-hydrogen) atoms. The van der Waals surface area contributed by atoms with Crippen molar-refractivity contribution in [2.24, 2.45) is 0 Å². The zero-order chi connectivity index (χ0) is 15.8. The molecule has 0 amide bonds. The first kappa shape index (κ1) is 15.8. The molecule has 1 aromatic heterocycles. The number of nitrogen functional groups attached to an aromatic ring is 1. The summed E-state index contributed by atoms with van der Waals surface area (Å²) in [5, 5.41) is 0. The highest BCUT2D eigenvalue weighted by Crippen LogP contribution is 2.25. The predicted octanol–water partition coefficient (Wildman–Crippen LogP) is 3.15. The third-order valence-corrected chi connectivity index (χ3v) is 5.53. The Kier molecular flexibility index (Phi) is 4.25. The lowest BCUT2D eigenvalue weighted by Gasteiger charge is -2.13. The Hall–Kier alpha value is -1.60. The number of benzene rings is 1. The fraction of sp³-hybridized carbons (Fsp3) is 0.214. The van der Waals surface area contributed by atoms with E-state index in [2.05, 4.69) is 25.6 Å². The van der Waals surface area contributed by atoms with Gasteiger partial charge in [0.05, 0.1) is 4.90 Å². The Balaban J connectivity index is 2.45. The van der Waals surface area contributed by atoms with Crippen molar-refractivity contribution >= 4 is 37.5 Å². The van der Waals surface area contributed by atoms with E-state index in [0.29, 0.717) is 11.3 Å². The Morgan fingerprint density at radius 2 is 1.81 bits per heavy atom. The molecule has 1 heterocycles. The molecule has 0 aliphatic carbocycles. The number of halogens is 1. The van der Waals surface area contributed by atoms with Gasteiger partial charge in [-0.15, -0.1) is 0 Å². The minimum Gasteiger partial charge on any atom is -0.399 e. The van der Waals surface area contributed by atoms with E-state index >= 15 is 0 Å². The number of sulfonamides is 1. The van der Waals surface area contributed by atoms with Crippen LogP contribution >= 0.6 is 15.9 Å². The molecule has 112 valence electrons. The lowest BCUT2D eigenvalue weighted by Crippen LogP contribution is -2.16. The van der Waals surface area contributed by atoms with Crippen molar-refractivity contribution in [3.05, 3.63) is 45.6 Å². The number of hydrogen-bond acceptors (Lipinski definition) is 4. The molecule has 0 saturated heterocycles. The summed E-state index contributed by atoms with van der Waals surface area (Å²) in [6.45, 7) is 5.44. The smallest absolute Gasteiger partial charge is 0.263 e. The molecule has 3 N–H and O–H groups in total. The Labute approximate surface area is 132 Å². The van der Waals surface area contributed by atoms with Gasteiger partial charge in [0.25, 0.3) is 10.0 Å². The fourth-order valence-corrected chi connectivity index (χ4v) is 3.49. The zero-order valence-corrected chi connectivity index (χ0v) is 14.3. The van der Waals surface area contributed by atoms with Crippen LogP contribution in [-0.2, 0) is 10.0 Å². The molecule has 0 bridgehead atoms. The van der Waals surface area contributed by atoms with Crippen molar-refractivity contribution in [3.8, 4) is 0 Å². The van der Waals surface area contributed by atoms with Crippen molar-refractivity contribution in [2.75, 3.05) is 10.5 Å². The predicted molar refractivity (Wildman–Crippen MR) is 87.8 cm³/mol. The summed E-state index contributed by atoms with van der Waals surface area (Å²) in [5.41, 5.74) is 8.56. The summed E-state index contributed by atoms with van der Waals surface area (Å²) in [7, 11) is -3.73. The van der Waals surface area contributed by atoms with Gasteiger partial charge in [-0.25, -0.2) is 13.4 Å². The zero-order valence-electron chi connectivity index (χ0n) is 11.9. The van der Waals surface area contributed by atoms with E-state index < -0.39 is 10.0 Å². The van der Waals surface area contributed by atoms with Gasteiger partial charge >= 0.3 is 0 Å². The van der Waals surface area contributed by atoms with Crippen LogP contribution in [0.4, 0.5) is 11.5 Å². The first-order chi connectivity index (χ1) is 9.70. The number of hydrogen-bond donors (Lipinski definition) is 2. The maximum Gasteiger partial charge on any atom is 0.263 e. The van der Waals surface area contributed by atoms with Gasteiger partial charge in [0, 0.05) is 16.4 Å². The maximum atomic E-state index is 12.5. The second-order valence-corrected chi connectivity index (χ2v) is 7.39. The fourth-order valence-electron chi connectivity index (χ4n) is 1.92. The summed E-state index contributed by atoms with van der Waals surface area (Å²) in [6.07, 6.45) is 1.56. The second kappa shape index (κ2) is 5.65. The monoisotopic (exact) mass is 369 g/mol. The number of aromatic nitrogens is 1. The summed E-state index contributed by atoms with van der Waals surface area (Å²) in [5.74, 6) is 0.273. The van der Waals surface area contributed by atoms with Crippen LogP contribution in [0.3, 0.4) is 0 Å². The molecule has 0 atom stereocenters. The van der Waals surface area contributed by atoms with Gasteiger partial charge in [-0.1, -0.05) is 0 Å². The van der Waals surface area contributed by atoms with Gasteiger partial charge in [-0.2, -0.15) is 0 Å². The molecule has 2 rings (SSSR count). The lowest BCUT2D eigenvalue weighted by atomic mass is 10.1. The highest BCUT2D eigenvalue weighted by molar-refractivity contribution is 9.10. The average molecular weight is 370 g/mol. The third kappa shape index (κ3) is 3.36. The number of nitrogens with two attached hydrogens (primary N) is 1. The summed E-state index contributed by atoms with van der Waals surface area (Å²) >= 11 is 3.33. The molecule has 0 fully saturated rings. The van der Waals surface area contributed by atoms with E-state index in [1.807, 2.05) is 13.8 Å². The van der Waals surface area contributed by atoms with Crippen LogP contribution in [-0.4, -0.2) is 13.4 Å². The van der Waals surface area contributed by atoms with Crippen molar-refractivity contribution < 1.29 is 8.42 Å². The normalized spacial score (nSPS) is 11.4. The third-order valence-electron chi connectivity index (χ3n) is 3.22. The molecule has 0 unspecified atom stereocenters. The molecule has 0 aliphatic rings. The van der Waals surface area contributed by atoms with E-state index in [4.69, 9.17) is 5.73 Å². The molecular weight excluding hydrogens is 354 g/mol. The SMILES string of the molecule is Cc1cc(NS(=O)(=O)c2cc(N)cc(C)c2C)ncc1Br. The summed E-state index contributed by atoms with van der Waals surface area (Å²) < 4.78 is 28.3. The molecular formula is C14H16BrN3O2S. The largest absolute Gasteiger partial charge is 0.399 e. The van der Waals surface area contributed by atoms with Gasteiger partial charge in [-0.3, -0.25) is 4.72 Å². The highest BCUT2D eigenvalue weighted by atomic mass is 79.9. The average Bonchev–Trinajstić information content (AvgIpc) is 2.37. The van der Waals surface area contributed by atoms with Crippen LogP contribution < -0.4 is 10.5 Å². The van der Waals surface area contributed by atoms with Gasteiger partial charge < -0.3 is 5.73 Å². The van der Waals surface area contributed by atoms with Crippen LogP contribution in [0.2, 0.25) is 0 Å². The van der Waals surface area contributed by atoms with Crippen molar-refractivity contribution in [3.63, 3.8) is 0 Å². The number of nitrogens with one attached hydrogen (secondary N) is 1. The number of rotatable bonds is 3. The van der Waals surface area contributed by atoms with Crippen LogP contribution in [0.15, 0.2) is 33.8 Å². The first-order valence-corrected chi connectivity index (χ1v) is 8.50. The molecule has 0 saturated carbocycles. The standard InChI is InChI=1S/C14H16BrN3O2S/c1-8-4-11(16)6-13(10(8)3)21(19,20)18-14-5-9(2)12(15)7-17-14/h4-7H,16H2,1-3H3,(H,17,18). The van der Waals surface area contributed by atoms with Crippen molar-refractivity contribution in [1.29, 1.82) is 0 Å². The molecule has 0 spiro atoms. The number of nitrogens with zero attached hydrogens (tertiary/aromatic N) is 1. The number of aryl methyl sites for hydroxylation is 2. The summed E-state index contributed by atoms with van der Waals surface area (Å²) in [6, 6.07) is 4.86. The minimum absolute atomic E-state index is 0.169. The van der Waals surface area contributed by atoms with Crippen LogP contribution in [0, 0.1) is 20.8 Å². The second-order valence-electron chi connectivity index (χ2n) is 4.89. The number of anilines is 2. The van der Waals surface area contributed by atoms with Crippen LogP contribution in [0.1, 0.15) is 16.7 Å². The Bertz CT molecular complexity index is 804. The van der Waals surface area contributed by atoms with E-state index in [1.54, 1.807) is 25.3 Å². The quantitative estimate of drug-likeness (QED) is 0.813. The van der Waals surface area contributed by atoms with Crippen LogP contribution in [0.5, 0.6) is 0 Å². The minimum atomic E-state index is -3.73. The molecule has 2 aromatic rings. The van der Waals surface area contributed by atoms with Gasteiger partial charge in [0.1, 0.15) is 5.82 Å². The van der Waals surface area contributed by atoms with Gasteiger partial charge in [-0.05, 0) is 71.6 Å². The van der Waals surface area contributed by atoms with Gasteiger partial charge in [0.2, 0.25) is 0 Å².